The summed E-state index contributed by atoms with van der Waals surface area (Å²) in [5.74, 6) is -0.470. The predicted molar refractivity (Wildman–Crippen MR) is 71.8 cm³/mol. The molecule has 0 radical (unpaired) electrons. The van der Waals surface area contributed by atoms with Crippen molar-refractivity contribution in [3.8, 4) is 0 Å². The number of likely N-dealkylation sites (N-methyl/N-ethyl adjacent to an activating group) is 1. The fourth-order valence-corrected chi connectivity index (χ4v) is 2.52. The van der Waals surface area contributed by atoms with Crippen molar-refractivity contribution in [3.05, 3.63) is 29.3 Å². The van der Waals surface area contributed by atoms with E-state index in [1.54, 1.807) is 7.05 Å². The molecule has 1 amide bonds. The van der Waals surface area contributed by atoms with Gasteiger partial charge in [-0.2, -0.15) is 13.2 Å². The van der Waals surface area contributed by atoms with Gasteiger partial charge in [-0.15, -0.1) is 0 Å². The number of ether oxygens (including phenoxy) is 1. The molecule has 1 aromatic rings. The lowest BCUT2D eigenvalue weighted by Gasteiger charge is -2.27. The fourth-order valence-electron chi connectivity index (χ4n) is 2.52. The first-order valence-electron chi connectivity index (χ1n) is 6.57. The second kappa shape index (κ2) is 5.55. The van der Waals surface area contributed by atoms with Crippen molar-refractivity contribution in [2.45, 2.75) is 31.7 Å². The molecule has 0 aliphatic carbocycles. The zero-order chi connectivity index (χ0) is 15.8. The predicted octanol–water partition coefficient (Wildman–Crippen LogP) is 2.54. The van der Waals surface area contributed by atoms with Crippen molar-refractivity contribution in [1.82, 2.24) is 4.90 Å². The van der Waals surface area contributed by atoms with E-state index in [1.807, 2.05) is 6.92 Å². The molecule has 0 spiro atoms. The molecule has 1 fully saturated rings. The highest BCUT2D eigenvalue weighted by Crippen LogP contribution is 2.34. The maximum absolute atomic E-state index is 12.8. The molecule has 116 valence electrons. The number of hydrogen-bond donors (Lipinski definition) is 1. The van der Waals surface area contributed by atoms with Crippen molar-refractivity contribution in [3.63, 3.8) is 0 Å². The summed E-state index contributed by atoms with van der Waals surface area (Å²) in [6, 6.07) is 3.08. The smallest absolute Gasteiger partial charge is 0.398 e. The minimum absolute atomic E-state index is 0.0295. The molecule has 7 heteroatoms. The molecule has 4 nitrogen and oxygen atoms in total. The Morgan fingerprint density at radius 2 is 2.10 bits per heavy atom. The largest absolute Gasteiger partial charge is 0.418 e. The van der Waals surface area contributed by atoms with Crippen molar-refractivity contribution < 1.29 is 22.7 Å². The van der Waals surface area contributed by atoms with Crippen LogP contribution in [0.3, 0.4) is 0 Å². The van der Waals surface area contributed by atoms with Crippen LogP contribution in [0.4, 0.5) is 18.9 Å². The summed E-state index contributed by atoms with van der Waals surface area (Å²) < 4.78 is 43.9. The van der Waals surface area contributed by atoms with E-state index >= 15 is 0 Å². The first kappa shape index (κ1) is 15.6. The highest BCUT2D eigenvalue weighted by atomic mass is 19.4. The molecule has 0 saturated carbocycles. The van der Waals surface area contributed by atoms with Crippen LogP contribution in [-0.2, 0) is 10.9 Å². The minimum atomic E-state index is -4.58. The van der Waals surface area contributed by atoms with Crippen molar-refractivity contribution in [2.75, 3.05) is 19.4 Å². The zero-order valence-corrected chi connectivity index (χ0v) is 11.8. The number of nitrogens with two attached hydrogens (primary N) is 1. The number of anilines is 1. The van der Waals surface area contributed by atoms with Gasteiger partial charge in [0.1, 0.15) is 0 Å². The van der Waals surface area contributed by atoms with E-state index < -0.39 is 17.6 Å². The Bertz CT molecular complexity index is 546. The van der Waals surface area contributed by atoms with Crippen LogP contribution in [0, 0.1) is 0 Å². The molecule has 1 aliphatic rings. The number of halogens is 3. The van der Waals surface area contributed by atoms with Gasteiger partial charge < -0.3 is 15.4 Å². The minimum Gasteiger partial charge on any atom is -0.398 e. The van der Waals surface area contributed by atoms with Crippen LogP contribution in [0.1, 0.15) is 29.3 Å². The molecule has 2 rings (SSSR count). The molecule has 0 bridgehead atoms. The van der Waals surface area contributed by atoms with Crippen molar-refractivity contribution in [1.29, 1.82) is 0 Å². The SMILES string of the molecule is CC1OCCC1N(C)C(=O)c1ccc(N)c(C(F)(F)F)c1. The van der Waals surface area contributed by atoms with E-state index in [9.17, 15) is 18.0 Å². The standard InChI is InChI=1S/C14H17F3N2O2/c1-8-12(5-6-21-8)19(2)13(20)9-3-4-11(18)10(7-9)14(15,16)17/h3-4,7-8,12H,5-6,18H2,1-2H3. The highest BCUT2D eigenvalue weighted by molar-refractivity contribution is 5.95. The number of hydrogen-bond acceptors (Lipinski definition) is 3. The van der Waals surface area contributed by atoms with Gasteiger partial charge in [0.2, 0.25) is 0 Å². The van der Waals surface area contributed by atoms with Gasteiger partial charge in [0.25, 0.3) is 5.91 Å². The topological polar surface area (TPSA) is 55.6 Å². The van der Waals surface area contributed by atoms with E-state index in [1.165, 1.54) is 11.0 Å². The number of benzene rings is 1. The molecule has 2 N–H and O–H groups in total. The third-order valence-corrected chi connectivity index (χ3v) is 3.76. The number of carbonyl (C=O) groups excluding carboxylic acids is 1. The third-order valence-electron chi connectivity index (χ3n) is 3.76. The Morgan fingerprint density at radius 1 is 1.43 bits per heavy atom. The van der Waals surface area contributed by atoms with Crippen LogP contribution in [0.25, 0.3) is 0 Å². The lowest BCUT2D eigenvalue weighted by atomic mass is 10.1. The van der Waals surface area contributed by atoms with E-state index in [4.69, 9.17) is 10.5 Å². The molecule has 1 aromatic carbocycles. The maximum Gasteiger partial charge on any atom is 0.418 e. The lowest BCUT2D eigenvalue weighted by Crippen LogP contribution is -2.41. The summed E-state index contributed by atoms with van der Waals surface area (Å²) in [5.41, 5.74) is 3.92. The summed E-state index contributed by atoms with van der Waals surface area (Å²) in [7, 11) is 1.57. The van der Waals surface area contributed by atoms with Gasteiger partial charge in [-0.05, 0) is 31.5 Å². The van der Waals surface area contributed by atoms with Gasteiger partial charge in [0, 0.05) is 24.9 Å². The Balaban J connectivity index is 2.27. The van der Waals surface area contributed by atoms with Gasteiger partial charge in [-0.1, -0.05) is 0 Å². The van der Waals surface area contributed by atoms with Gasteiger partial charge in [-0.3, -0.25) is 4.79 Å². The summed E-state index contributed by atoms with van der Waals surface area (Å²) in [6.07, 6.45) is -4.04. The lowest BCUT2D eigenvalue weighted by molar-refractivity contribution is -0.136. The monoisotopic (exact) mass is 302 g/mol. The number of amides is 1. The Kier molecular flexibility index (Phi) is 4.13. The molecule has 0 aromatic heterocycles. The quantitative estimate of drug-likeness (QED) is 0.854. The van der Waals surface area contributed by atoms with Crippen LogP contribution in [0.2, 0.25) is 0 Å². The second-order valence-electron chi connectivity index (χ2n) is 5.15. The number of nitrogens with zero attached hydrogens (tertiary/aromatic N) is 1. The number of rotatable bonds is 2. The molecular weight excluding hydrogens is 285 g/mol. The average molecular weight is 302 g/mol. The van der Waals surface area contributed by atoms with Crippen molar-refractivity contribution >= 4 is 11.6 Å². The van der Waals surface area contributed by atoms with Gasteiger partial charge >= 0.3 is 6.18 Å². The Morgan fingerprint density at radius 3 is 2.62 bits per heavy atom. The molecular formula is C14H17F3N2O2. The normalized spacial score (nSPS) is 22.3. The molecule has 21 heavy (non-hydrogen) atoms. The van der Waals surface area contributed by atoms with E-state index in [0.29, 0.717) is 13.0 Å². The fraction of sp³-hybridized carbons (Fsp3) is 0.500. The van der Waals surface area contributed by atoms with Crippen LogP contribution in [0.5, 0.6) is 0 Å². The Labute approximate surface area is 120 Å². The van der Waals surface area contributed by atoms with E-state index in [0.717, 1.165) is 12.1 Å². The zero-order valence-electron chi connectivity index (χ0n) is 11.8. The average Bonchev–Trinajstić information content (AvgIpc) is 2.82. The molecule has 1 aliphatic heterocycles. The first-order valence-corrected chi connectivity index (χ1v) is 6.57. The Hall–Kier alpha value is -1.76. The number of carbonyl (C=O) groups is 1. The summed E-state index contributed by atoms with van der Waals surface area (Å²) in [5, 5.41) is 0. The molecule has 1 heterocycles. The van der Waals surface area contributed by atoms with Crippen LogP contribution in [-0.4, -0.2) is 36.6 Å². The summed E-state index contributed by atoms with van der Waals surface area (Å²) >= 11 is 0. The highest BCUT2D eigenvalue weighted by Gasteiger charge is 2.35. The molecule has 2 atom stereocenters. The van der Waals surface area contributed by atoms with E-state index in [2.05, 4.69) is 0 Å². The van der Waals surface area contributed by atoms with Gasteiger partial charge in [-0.25, -0.2) is 0 Å². The van der Waals surface area contributed by atoms with Gasteiger partial charge in [0.15, 0.2) is 0 Å². The van der Waals surface area contributed by atoms with Gasteiger partial charge in [0.05, 0.1) is 17.7 Å². The molecule has 1 saturated heterocycles. The third kappa shape index (κ3) is 3.12. The molecule has 2 unspecified atom stereocenters. The summed E-state index contributed by atoms with van der Waals surface area (Å²) in [6.45, 7) is 2.38. The van der Waals surface area contributed by atoms with E-state index in [-0.39, 0.29) is 23.4 Å². The second-order valence-corrected chi connectivity index (χ2v) is 5.15. The number of nitrogen functional groups attached to an aromatic ring is 1. The summed E-state index contributed by atoms with van der Waals surface area (Å²) in [4.78, 5) is 13.8. The van der Waals surface area contributed by atoms with Crippen LogP contribution >= 0.6 is 0 Å². The maximum atomic E-state index is 12.8. The first-order chi connectivity index (χ1) is 9.71. The number of alkyl halides is 3. The van der Waals surface area contributed by atoms with Crippen LogP contribution < -0.4 is 5.73 Å². The van der Waals surface area contributed by atoms with Crippen molar-refractivity contribution in [2.24, 2.45) is 0 Å². The van der Waals surface area contributed by atoms with Crippen LogP contribution in [0.15, 0.2) is 18.2 Å².